The number of hydrogen-bond donors (Lipinski definition) is 2. The summed E-state index contributed by atoms with van der Waals surface area (Å²) in [5, 5.41) is 22.2. The third-order valence-corrected chi connectivity index (χ3v) is 3.21. The van der Waals surface area contributed by atoms with E-state index in [1.54, 1.807) is 0 Å². The fourth-order valence-corrected chi connectivity index (χ4v) is 1.91. The zero-order valence-electron chi connectivity index (χ0n) is 13.9. The number of nitrogens with zero attached hydrogens (tertiary/aromatic N) is 1. The molecule has 0 aliphatic rings. The second-order valence-electron chi connectivity index (χ2n) is 6.60. The predicted molar refractivity (Wildman–Crippen MR) is 86.8 cm³/mol. The number of non-ortho nitro benzene ring substituents is 1. The van der Waals surface area contributed by atoms with Gasteiger partial charge in [-0.15, -0.1) is 0 Å². The lowest BCUT2D eigenvalue weighted by Gasteiger charge is -2.21. The highest BCUT2D eigenvalue weighted by molar-refractivity contribution is 5.84. The first kappa shape index (κ1) is 19.4. The molecular formula is C16H22N2O6. The molecule has 1 aromatic carbocycles. The highest BCUT2D eigenvalue weighted by Gasteiger charge is 2.23. The summed E-state index contributed by atoms with van der Waals surface area (Å²) in [5.41, 5.74) is -0.195. The number of aliphatic carboxylic acids is 1. The zero-order valence-corrected chi connectivity index (χ0v) is 13.9. The molecule has 0 fully saturated rings. The molecule has 8 heteroatoms. The number of nitrogens with one attached hydrogen (secondary N) is 1. The van der Waals surface area contributed by atoms with E-state index in [1.807, 2.05) is 20.8 Å². The van der Waals surface area contributed by atoms with Gasteiger partial charge in [0.05, 0.1) is 11.0 Å². The topological polar surface area (TPSA) is 119 Å². The van der Waals surface area contributed by atoms with Crippen molar-refractivity contribution in [3.05, 3.63) is 34.4 Å². The van der Waals surface area contributed by atoms with Crippen LogP contribution in [0, 0.1) is 15.5 Å². The summed E-state index contributed by atoms with van der Waals surface area (Å²) in [7, 11) is 0. The van der Waals surface area contributed by atoms with Crippen LogP contribution in [-0.4, -0.2) is 34.6 Å². The van der Waals surface area contributed by atoms with Gasteiger partial charge in [0.2, 0.25) is 0 Å². The first-order valence-corrected chi connectivity index (χ1v) is 7.48. The average molecular weight is 338 g/mol. The van der Waals surface area contributed by atoms with Gasteiger partial charge in [0.1, 0.15) is 11.8 Å². The number of benzene rings is 1. The van der Waals surface area contributed by atoms with Gasteiger partial charge in [-0.3, -0.25) is 14.9 Å². The molecule has 1 rings (SSSR count). The van der Waals surface area contributed by atoms with Gasteiger partial charge in [-0.25, -0.2) is 4.79 Å². The monoisotopic (exact) mass is 338 g/mol. The highest BCUT2D eigenvalue weighted by atomic mass is 16.6. The minimum Gasteiger partial charge on any atom is -0.484 e. The van der Waals surface area contributed by atoms with Gasteiger partial charge in [0, 0.05) is 6.07 Å². The van der Waals surface area contributed by atoms with E-state index in [1.165, 1.54) is 24.3 Å². The molecule has 0 radical (unpaired) electrons. The molecule has 1 amide bonds. The van der Waals surface area contributed by atoms with Crippen LogP contribution in [0.1, 0.15) is 33.6 Å². The quantitative estimate of drug-likeness (QED) is 0.555. The van der Waals surface area contributed by atoms with Crippen LogP contribution >= 0.6 is 0 Å². The Labute approximate surface area is 140 Å². The molecule has 0 saturated carbocycles. The molecular weight excluding hydrogens is 316 g/mol. The Kier molecular flexibility index (Phi) is 6.69. The molecule has 0 bridgehead atoms. The summed E-state index contributed by atoms with van der Waals surface area (Å²) in [6.45, 7) is 5.54. The molecule has 2 N–H and O–H groups in total. The predicted octanol–water partition coefficient (Wildman–Crippen LogP) is 2.37. The lowest BCUT2D eigenvalue weighted by molar-refractivity contribution is -0.384. The molecule has 0 aromatic heterocycles. The molecule has 132 valence electrons. The maximum absolute atomic E-state index is 11.8. The van der Waals surface area contributed by atoms with Crippen LogP contribution in [0.2, 0.25) is 0 Å². The Morgan fingerprint density at radius 1 is 1.38 bits per heavy atom. The number of amides is 1. The van der Waals surface area contributed by atoms with Crippen molar-refractivity contribution in [1.82, 2.24) is 5.32 Å². The molecule has 8 nitrogen and oxygen atoms in total. The highest BCUT2D eigenvalue weighted by Crippen LogP contribution is 2.22. The van der Waals surface area contributed by atoms with E-state index < -0.39 is 29.4 Å². The normalized spacial score (nSPS) is 12.3. The third-order valence-electron chi connectivity index (χ3n) is 3.21. The fraction of sp³-hybridized carbons (Fsp3) is 0.500. The van der Waals surface area contributed by atoms with Crippen molar-refractivity contribution in [3.8, 4) is 5.75 Å². The van der Waals surface area contributed by atoms with Crippen LogP contribution in [0.5, 0.6) is 5.75 Å². The lowest BCUT2D eigenvalue weighted by Crippen LogP contribution is -2.43. The second-order valence-corrected chi connectivity index (χ2v) is 6.60. The fourth-order valence-electron chi connectivity index (χ4n) is 1.91. The molecule has 0 aliphatic carbocycles. The SMILES string of the molecule is CC(C)(C)CCC(NC(=O)COc1cccc([N+](=O)[O-])c1)C(=O)O. The molecule has 24 heavy (non-hydrogen) atoms. The molecule has 0 heterocycles. The van der Waals surface area contributed by atoms with E-state index in [0.717, 1.165) is 0 Å². The van der Waals surface area contributed by atoms with Crippen LogP contribution in [-0.2, 0) is 9.59 Å². The summed E-state index contributed by atoms with van der Waals surface area (Å²) in [6.07, 6.45) is 0.942. The van der Waals surface area contributed by atoms with Gasteiger partial charge in [0.25, 0.3) is 11.6 Å². The van der Waals surface area contributed by atoms with Crippen LogP contribution in [0.15, 0.2) is 24.3 Å². The molecule has 0 spiro atoms. The smallest absolute Gasteiger partial charge is 0.326 e. The van der Waals surface area contributed by atoms with Gasteiger partial charge in [-0.2, -0.15) is 0 Å². The lowest BCUT2D eigenvalue weighted by atomic mass is 9.88. The molecule has 1 aromatic rings. The average Bonchev–Trinajstić information content (AvgIpc) is 2.48. The number of hydrogen-bond acceptors (Lipinski definition) is 5. The maximum atomic E-state index is 11.8. The van der Waals surface area contributed by atoms with Gasteiger partial charge in [-0.1, -0.05) is 26.8 Å². The number of nitro groups is 1. The number of ether oxygens (including phenoxy) is 1. The minimum atomic E-state index is -1.11. The maximum Gasteiger partial charge on any atom is 0.326 e. The van der Waals surface area contributed by atoms with Gasteiger partial charge < -0.3 is 15.2 Å². The number of carbonyl (C=O) groups is 2. The van der Waals surface area contributed by atoms with Crippen LogP contribution in [0.3, 0.4) is 0 Å². The summed E-state index contributed by atoms with van der Waals surface area (Å²) in [4.78, 5) is 33.2. The van der Waals surface area contributed by atoms with Crippen LogP contribution in [0.25, 0.3) is 0 Å². The number of carboxylic acid groups (broad SMARTS) is 1. The molecule has 0 saturated heterocycles. The minimum absolute atomic E-state index is 0.0437. The van der Waals surface area contributed by atoms with Crippen molar-refractivity contribution in [2.45, 2.75) is 39.7 Å². The summed E-state index contributed by atoms with van der Waals surface area (Å²) >= 11 is 0. The van der Waals surface area contributed by atoms with E-state index in [9.17, 15) is 24.8 Å². The summed E-state index contributed by atoms with van der Waals surface area (Å²) in [5.74, 6) is -1.54. The van der Waals surface area contributed by atoms with Crippen molar-refractivity contribution in [2.24, 2.45) is 5.41 Å². The van der Waals surface area contributed by atoms with E-state index in [4.69, 9.17) is 4.74 Å². The van der Waals surface area contributed by atoms with E-state index >= 15 is 0 Å². The Morgan fingerprint density at radius 3 is 2.58 bits per heavy atom. The Balaban J connectivity index is 2.55. The van der Waals surface area contributed by atoms with Crippen molar-refractivity contribution >= 4 is 17.6 Å². The van der Waals surface area contributed by atoms with Crippen LogP contribution in [0.4, 0.5) is 5.69 Å². The van der Waals surface area contributed by atoms with Crippen LogP contribution < -0.4 is 10.1 Å². The Morgan fingerprint density at radius 2 is 2.04 bits per heavy atom. The number of nitro benzene ring substituents is 1. The Hall–Kier alpha value is -2.64. The van der Waals surface area contributed by atoms with Gasteiger partial charge in [0.15, 0.2) is 6.61 Å². The third kappa shape index (κ3) is 7.08. The van der Waals surface area contributed by atoms with E-state index in [0.29, 0.717) is 12.8 Å². The number of carboxylic acids is 1. The van der Waals surface area contributed by atoms with Gasteiger partial charge >= 0.3 is 5.97 Å². The summed E-state index contributed by atoms with van der Waals surface area (Å²) in [6, 6.07) is 4.43. The first-order chi connectivity index (χ1) is 11.1. The first-order valence-electron chi connectivity index (χ1n) is 7.48. The van der Waals surface area contributed by atoms with Crippen molar-refractivity contribution in [1.29, 1.82) is 0 Å². The van der Waals surface area contributed by atoms with Crippen molar-refractivity contribution < 1.29 is 24.4 Å². The Bertz CT molecular complexity index is 609. The van der Waals surface area contributed by atoms with E-state index in [-0.39, 0.29) is 16.9 Å². The molecule has 0 aliphatic heterocycles. The number of rotatable bonds is 8. The second kappa shape index (κ2) is 8.28. The summed E-state index contributed by atoms with van der Waals surface area (Å²) < 4.78 is 5.18. The van der Waals surface area contributed by atoms with Crippen molar-refractivity contribution in [3.63, 3.8) is 0 Å². The number of carbonyl (C=O) groups excluding carboxylic acids is 1. The van der Waals surface area contributed by atoms with Gasteiger partial charge in [-0.05, 0) is 24.3 Å². The van der Waals surface area contributed by atoms with E-state index in [2.05, 4.69) is 5.32 Å². The zero-order chi connectivity index (χ0) is 18.3. The van der Waals surface area contributed by atoms with Crippen molar-refractivity contribution in [2.75, 3.05) is 6.61 Å². The molecule has 1 atom stereocenters. The standard InChI is InChI=1S/C16H22N2O6/c1-16(2,3)8-7-13(15(20)21)17-14(19)10-24-12-6-4-5-11(9-12)18(22)23/h4-6,9,13H,7-8,10H2,1-3H3,(H,17,19)(H,20,21). The molecule has 1 unspecified atom stereocenters. The largest absolute Gasteiger partial charge is 0.484 e.